The normalized spacial score (nSPS) is 18.7. The molecule has 8 aromatic rings. The van der Waals surface area contributed by atoms with Gasteiger partial charge in [-0.15, -0.1) is 0 Å². The highest BCUT2D eigenvalue weighted by molar-refractivity contribution is 6.21. The highest BCUT2D eigenvalue weighted by Gasteiger charge is 2.47. The molecule has 0 saturated carbocycles. The number of hydrogen-bond acceptors (Lipinski definition) is 2. The molecular formula is C49H37N3. The molecule has 0 aliphatic heterocycles. The maximum atomic E-state index is 5.49. The third-order valence-electron chi connectivity index (χ3n) is 12.2. The number of hydrogen-bond donors (Lipinski definition) is 0. The van der Waals surface area contributed by atoms with Gasteiger partial charge in [0.25, 0.3) is 0 Å². The van der Waals surface area contributed by atoms with Crippen LogP contribution in [0.3, 0.4) is 0 Å². The number of aromatic nitrogens is 3. The summed E-state index contributed by atoms with van der Waals surface area (Å²) >= 11 is 0. The summed E-state index contributed by atoms with van der Waals surface area (Å²) in [5.41, 5.74) is 14.4. The van der Waals surface area contributed by atoms with Crippen molar-refractivity contribution in [1.29, 1.82) is 0 Å². The Balaban J connectivity index is 1.25. The molecule has 0 bridgehead atoms. The van der Waals surface area contributed by atoms with Crippen LogP contribution < -0.4 is 0 Å². The first-order valence-corrected chi connectivity index (χ1v) is 18.6. The summed E-state index contributed by atoms with van der Waals surface area (Å²) in [6, 6.07) is 46.2. The summed E-state index contributed by atoms with van der Waals surface area (Å²) < 4.78 is 2.43. The average molecular weight is 668 g/mol. The van der Waals surface area contributed by atoms with Crippen LogP contribution in [0.25, 0.3) is 71.8 Å². The van der Waals surface area contributed by atoms with Gasteiger partial charge in [-0.1, -0.05) is 153 Å². The zero-order valence-corrected chi connectivity index (χ0v) is 29.3. The molecule has 2 aromatic heterocycles. The summed E-state index contributed by atoms with van der Waals surface area (Å²) in [6.07, 6.45) is 12.0. The number of benzene rings is 6. The number of fused-ring (bicyclic) bond motifs is 10. The fourth-order valence-corrected chi connectivity index (χ4v) is 9.69. The van der Waals surface area contributed by atoms with E-state index in [4.69, 9.17) is 9.97 Å². The van der Waals surface area contributed by atoms with Crippen molar-refractivity contribution in [3.63, 3.8) is 0 Å². The summed E-state index contributed by atoms with van der Waals surface area (Å²) in [5.74, 6) is 1.65. The highest BCUT2D eigenvalue weighted by atomic mass is 15.1. The molecule has 0 amide bonds. The molecule has 3 nitrogen and oxygen atoms in total. The number of rotatable bonds is 3. The second kappa shape index (κ2) is 11.0. The van der Waals surface area contributed by atoms with Gasteiger partial charge in [-0.05, 0) is 69.5 Å². The average Bonchev–Trinajstić information content (AvgIpc) is 3.66. The van der Waals surface area contributed by atoms with E-state index in [2.05, 4.69) is 164 Å². The third-order valence-corrected chi connectivity index (χ3v) is 12.2. The standard InChI is InChI=1S/C49H37N3/c1-49(2)40-27-25-33(29-39(40)44-34-17-8-6-13-30(34)24-28-41(44)49)36-19-12-20-37-38-26-23-31-14-7-9-18-35(31)46(38)52(47(36)37)48-45(32-15-4-3-5-16-32)50-42-21-10-11-22-43(42)51-48/h3-5,7-12,14-29,41,44H,6,13H2,1-2H3. The van der Waals surface area contributed by atoms with Crippen molar-refractivity contribution in [3.05, 3.63) is 174 Å². The van der Waals surface area contributed by atoms with Gasteiger partial charge >= 0.3 is 0 Å². The lowest BCUT2D eigenvalue weighted by atomic mass is 9.69. The molecule has 0 spiro atoms. The Kier molecular flexibility index (Phi) is 6.25. The Morgan fingerprint density at radius 2 is 1.42 bits per heavy atom. The van der Waals surface area contributed by atoms with Gasteiger partial charge < -0.3 is 0 Å². The van der Waals surface area contributed by atoms with Crippen molar-refractivity contribution < 1.29 is 0 Å². The first-order valence-electron chi connectivity index (χ1n) is 18.6. The maximum absolute atomic E-state index is 5.49. The molecule has 11 rings (SSSR count). The van der Waals surface area contributed by atoms with Crippen molar-refractivity contribution in [2.24, 2.45) is 5.92 Å². The topological polar surface area (TPSA) is 30.7 Å². The molecule has 248 valence electrons. The van der Waals surface area contributed by atoms with E-state index in [1.807, 2.05) is 6.07 Å². The largest absolute Gasteiger partial charge is 0.291 e. The van der Waals surface area contributed by atoms with Gasteiger partial charge in [-0.2, -0.15) is 0 Å². The molecule has 52 heavy (non-hydrogen) atoms. The molecule has 3 aliphatic carbocycles. The van der Waals surface area contributed by atoms with E-state index in [-0.39, 0.29) is 5.41 Å². The highest BCUT2D eigenvalue weighted by Crippen LogP contribution is 2.58. The van der Waals surface area contributed by atoms with Crippen LogP contribution in [0.2, 0.25) is 0 Å². The van der Waals surface area contributed by atoms with Crippen LogP contribution in [0.5, 0.6) is 0 Å². The molecule has 3 aliphatic rings. The van der Waals surface area contributed by atoms with Crippen molar-refractivity contribution >= 4 is 43.6 Å². The molecule has 2 heterocycles. The first-order chi connectivity index (χ1) is 25.6. The minimum absolute atomic E-state index is 0.0456. The minimum Gasteiger partial charge on any atom is -0.291 e. The van der Waals surface area contributed by atoms with Crippen molar-refractivity contribution in [2.45, 2.75) is 38.0 Å². The minimum atomic E-state index is 0.0456. The van der Waals surface area contributed by atoms with Crippen molar-refractivity contribution in [3.8, 4) is 28.2 Å². The van der Waals surface area contributed by atoms with E-state index < -0.39 is 0 Å². The van der Waals surface area contributed by atoms with Gasteiger partial charge in [0, 0.05) is 33.2 Å². The summed E-state index contributed by atoms with van der Waals surface area (Å²) in [4.78, 5) is 10.8. The lowest BCUT2D eigenvalue weighted by molar-refractivity contribution is 0.386. The molecule has 3 heteroatoms. The van der Waals surface area contributed by atoms with Crippen molar-refractivity contribution in [1.82, 2.24) is 14.5 Å². The van der Waals surface area contributed by atoms with E-state index >= 15 is 0 Å². The molecule has 6 aromatic carbocycles. The predicted octanol–water partition coefficient (Wildman–Crippen LogP) is 12.4. The first kappa shape index (κ1) is 29.6. The fourth-order valence-electron chi connectivity index (χ4n) is 9.69. The molecule has 2 unspecified atom stereocenters. The second-order valence-corrected chi connectivity index (χ2v) is 15.3. The van der Waals surface area contributed by atoms with E-state index in [1.165, 1.54) is 54.9 Å². The van der Waals surface area contributed by atoms with Gasteiger partial charge in [0.1, 0.15) is 5.69 Å². The molecule has 0 N–H and O–H groups in total. The van der Waals surface area contributed by atoms with E-state index in [9.17, 15) is 0 Å². The van der Waals surface area contributed by atoms with Crippen LogP contribution in [0.15, 0.2) is 163 Å². The molecule has 2 atom stereocenters. The van der Waals surface area contributed by atoms with E-state index in [0.717, 1.165) is 52.0 Å². The molecule has 0 radical (unpaired) electrons. The zero-order chi connectivity index (χ0) is 34.6. The summed E-state index contributed by atoms with van der Waals surface area (Å²) in [5, 5.41) is 4.83. The Bertz CT molecular complexity index is 2880. The molecular weight excluding hydrogens is 631 g/mol. The fraction of sp³-hybridized carbons (Fsp3) is 0.143. The monoisotopic (exact) mass is 667 g/mol. The van der Waals surface area contributed by atoms with Crippen LogP contribution in [0, 0.1) is 5.92 Å². The van der Waals surface area contributed by atoms with Gasteiger partial charge in [0.2, 0.25) is 0 Å². The van der Waals surface area contributed by atoms with Crippen LogP contribution in [-0.4, -0.2) is 14.5 Å². The van der Waals surface area contributed by atoms with E-state index in [0.29, 0.717) is 11.8 Å². The van der Waals surface area contributed by atoms with Gasteiger partial charge in [-0.3, -0.25) is 4.57 Å². The quantitative estimate of drug-likeness (QED) is 0.188. The lowest BCUT2D eigenvalue weighted by Crippen LogP contribution is -2.27. The maximum Gasteiger partial charge on any atom is 0.165 e. The second-order valence-electron chi connectivity index (χ2n) is 15.3. The van der Waals surface area contributed by atoms with Gasteiger partial charge in [-0.25, -0.2) is 9.97 Å². The summed E-state index contributed by atoms with van der Waals surface area (Å²) in [6.45, 7) is 4.87. The van der Waals surface area contributed by atoms with E-state index in [1.54, 1.807) is 0 Å². The third kappa shape index (κ3) is 4.14. The molecule has 0 saturated heterocycles. The predicted molar refractivity (Wildman–Crippen MR) is 216 cm³/mol. The van der Waals surface area contributed by atoms with Crippen LogP contribution in [0.1, 0.15) is 43.7 Å². The Hall–Kier alpha value is -6.06. The SMILES string of the molecule is CC1(C)c2ccc(-c3cccc4c5ccc6ccccc6c5n(-c5nc6ccccc6nc5-c5ccccc5)c34)cc2C2C3=C(C=CC21)CCC=C3. The zero-order valence-electron chi connectivity index (χ0n) is 29.3. The van der Waals surface area contributed by atoms with Gasteiger partial charge in [0.05, 0.1) is 22.1 Å². The Morgan fingerprint density at radius 1 is 0.654 bits per heavy atom. The number of nitrogens with zero attached hydrogens (tertiary/aromatic N) is 3. The van der Waals surface area contributed by atoms with Crippen LogP contribution >= 0.6 is 0 Å². The number of allylic oxidation sites excluding steroid dienone is 6. The van der Waals surface area contributed by atoms with Crippen molar-refractivity contribution in [2.75, 3.05) is 0 Å². The van der Waals surface area contributed by atoms with Crippen LogP contribution in [0.4, 0.5) is 0 Å². The smallest absolute Gasteiger partial charge is 0.165 e. The van der Waals surface area contributed by atoms with Crippen LogP contribution in [-0.2, 0) is 5.41 Å². The van der Waals surface area contributed by atoms with Gasteiger partial charge in [0.15, 0.2) is 5.82 Å². The summed E-state index contributed by atoms with van der Waals surface area (Å²) in [7, 11) is 0. The lowest BCUT2D eigenvalue weighted by Gasteiger charge is -2.34. The number of para-hydroxylation sites is 3. The molecule has 0 fully saturated rings. The Morgan fingerprint density at radius 3 is 2.31 bits per heavy atom. The Labute approximate surface area is 303 Å².